The Morgan fingerprint density at radius 3 is 1.97 bits per heavy atom. The van der Waals surface area contributed by atoms with Gasteiger partial charge < -0.3 is 4.74 Å². The van der Waals surface area contributed by atoms with E-state index in [0.29, 0.717) is 40.6 Å². The van der Waals surface area contributed by atoms with Gasteiger partial charge in [0.2, 0.25) is 11.8 Å². The van der Waals surface area contributed by atoms with E-state index in [0.717, 1.165) is 15.1 Å². The largest absolute Gasteiger partial charge is 0.456 e. The Balaban J connectivity index is 0.000000313. The van der Waals surface area contributed by atoms with Gasteiger partial charge in [0.1, 0.15) is 29.2 Å². The lowest BCUT2D eigenvalue weighted by Crippen LogP contribution is -2.16. The number of rotatable bonds is 4. The number of nitrogens with zero attached hydrogens (tertiary/aromatic N) is 3. The van der Waals surface area contributed by atoms with E-state index in [-0.39, 0.29) is 17.4 Å². The van der Waals surface area contributed by atoms with E-state index in [1.807, 2.05) is 24.3 Å². The third kappa shape index (κ3) is 6.14. The van der Waals surface area contributed by atoms with Gasteiger partial charge in [0, 0.05) is 23.5 Å². The van der Waals surface area contributed by atoms with Crippen molar-refractivity contribution >= 4 is 59.8 Å². The lowest BCUT2D eigenvalue weighted by atomic mass is 10.1. The maximum absolute atomic E-state index is 10.4. The summed E-state index contributed by atoms with van der Waals surface area (Å²) in [7, 11) is 0. The van der Waals surface area contributed by atoms with Crippen LogP contribution in [0.2, 0.25) is 0 Å². The zero-order valence-electron chi connectivity index (χ0n) is 15.0. The molecule has 1 heterocycles. The molecule has 1 aliphatic rings. The average molecular weight is 584 g/mol. The topological polar surface area (TPSA) is 94.2 Å². The van der Waals surface area contributed by atoms with Gasteiger partial charge in [-0.25, -0.2) is 3.93 Å². The molecule has 1 aliphatic heterocycles. The van der Waals surface area contributed by atoms with Gasteiger partial charge in [-0.3, -0.25) is 9.59 Å². The number of nitriles is 2. The molecule has 0 radical (unpaired) electrons. The van der Waals surface area contributed by atoms with Gasteiger partial charge in [-0.1, -0.05) is 44.0 Å². The third-order valence-corrected chi connectivity index (χ3v) is 5.90. The van der Waals surface area contributed by atoms with Crippen LogP contribution < -0.4 is 4.74 Å². The number of imide groups is 1. The van der Waals surface area contributed by atoms with Crippen molar-refractivity contribution in [3.63, 3.8) is 0 Å². The Morgan fingerprint density at radius 1 is 0.966 bits per heavy atom. The maximum Gasteiger partial charge on any atom is 0.239 e. The van der Waals surface area contributed by atoms with Crippen LogP contribution >= 0.6 is 48.0 Å². The summed E-state index contributed by atoms with van der Waals surface area (Å²) in [4.78, 5) is 20.9. The Kier molecular flexibility index (Phi) is 8.84. The maximum atomic E-state index is 10.4. The molecule has 0 unspecified atom stereocenters. The molecular formula is C20H14Br3N3O3. The molecule has 0 saturated carbocycles. The van der Waals surface area contributed by atoms with E-state index >= 15 is 0 Å². The fourth-order valence-corrected chi connectivity index (χ4v) is 3.44. The van der Waals surface area contributed by atoms with Crippen molar-refractivity contribution in [2.24, 2.45) is 0 Å². The lowest BCUT2D eigenvalue weighted by molar-refractivity contribution is -0.131. The number of alkyl halides is 2. The van der Waals surface area contributed by atoms with Crippen LogP contribution in [0.3, 0.4) is 0 Å². The SMILES string of the molecule is N#Cc1cccc(Oc2cc(CBr)cc(CBr)c2)c1C#N.O=C1CCC(=O)N1Br. The average Bonchev–Trinajstić information content (AvgIpc) is 3.04. The van der Waals surface area contributed by atoms with Crippen molar-refractivity contribution in [3.8, 4) is 23.6 Å². The zero-order chi connectivity index (χ0) is 21.4. The molecule has 0 aliphatic carbocycles. The highest BCUT2D eigenvalue weighted by Crippen LogP contribution is 2.29. The first kappa shape index (κ1) is 23.1. The minimum atomic E-state index is -0.144. The summed E-state index contributed by atoms with van der Waals surface area (Å²) >= 11 is 9.65. The van der Waals surface area contributed by atoms with Crippen LogP contribution in [0.5, 0.6) is 11.5 Å². The predicted octanol–water partition coefficient (Wildman–Crippen LogP) is 5.46. The number of hydrogen-bond acceptors (Lipinski definition) is 5. The van der Waals surface area contributed by atoms with Crippen molar-refractivity contribution in [1.29, 1.82) is 10.5 Å². The van der Waals surface area contributed by atoms with Gasteiger partial charge in [-0.15, -0.1) is 0 Å². The summed E-state index contributed by atoms with van der Waals surface area (Å²) < 4.78 is 6.79. The molecule has 0 spiro atoms. The van der Waals surface area contributed by atoms with E-state index in [1.54, 1.807) is 18.2 Å². The Labute approximate surface area is 193 Å². The molecule has 2 aromatic carbocycles. The monoisotopic (exact) mass is 581 g/mol. The lowest BCUT2D eigenvalue weighted by Gasteiger charge is -2.10. The number of benzene rings is 2. The van der Waals surface area contributed by atoms with E-state index < -0.39 is 0 Å². The second-order valence-corrected chi connectivity index (χ2v) is 7.66. The summed E-state index contributed by atoms with van der Waals surface area (Å²) in [6, 6.07) is 14.9. The minimum Gasteiger partial charge on any atom is -0.456 e. The second-order valence-electron chi connectivity index (χ2n) is 5.83. The highest BCUT2D eigenvalue weighted by Gasteiger charge is 2.26. The van der Waals surface area contributed by atoms with E-state index in [9.17, 15) is 14.9 Å². The zero-order valence-corrected chi connectivity index (χ0v) is 19.8. The number of carbonyl (C=O) groups excluding carboxylic acids is 2. The van der Waals surface area contributed by atoms with Crippen molar-refractivity contribution in [1.82, 2.24) is 3.93 Å². The van der Waals surface area contributed by atoms with Crippen molar-refractivity contribution in [3.05, 3.63) is 58.7 Å². The van der Waals surface area contributed by atoms with Crippen molar-refractivity contribution < 1.29 is 14.3 Å². The van der Waals surface area contributed by atoms with Gasteiger partial charge >= 0.3 is 0 Å². The summed E-state index contributed by atoms with van der Waals surface area (Å²) in [5, 5.41) is 19.7. The first-order valence-corrected chi connectivity index (χ1v) is 11.3. The molecule has 9 heteroatoms. The van der Waals surface area contributed by atoms with Crippen LogP contribution in [-0.2, 0) is 20.2 Å². The fraction of sp³-hybridized carbons (Fsp3) is 0.200. The first-order chi connectivity index (χ1) is 13.9. The molecule has 0 atom stereocenters. The smallest absolute Gasteiger partial charge is 0.239 e. The predicted molar refractivity (Wildman–Crippen MR) is 118 cm³/mol. The van der Waals surface area contributed by atoms with Gasteiger partial charge in [-0.05, 0) is 35.4 Å². The van der Waals surface area contributed by atoms with Crippen LogP contribution in [0, 0.1) is 22.7 Å². The summed E-state index contributed by atoms with van der Waals surface area (Å²) in [6.07, 6.45) is 0.703. The van der Waals surface area contributed by atoms with Gasteiger partial charge in [0.15, 0.2) is 0 Å². The summed E-state index contributed by atoms with van der Waals surface area (Å²) in [6.45, 7) is 0. The van der Waals surface area contributed by atoms with Crippen LogP contribution in [0.25, 0.3) is 0 Å². The van der Waals surface area contributed by atoms with Crippen LogP contribution in [0.4, 0.5) is 0 Å². The van der Waals surface area contributed by atoms with Crippen LogP contribution in [0.1, 0.15) is 35.1 Å². The van der Waals surface area contributed by atoms with Crippen LogP contribution in [0.15, 0.2) is 36.4 Å². The standard InChI is InChI=1S/C16H10Br2N2O.C4H4BrNO2/c17-7-11-4-12(8-18)6-14(5-11)21-16-3-1-2-13(9-19)15(16)10-20;5-6-3(7)1-2-4(6)8/h1-6H,7-8H2;1-2H2. The Bertz CT molecular complexity index is 974. The highest BCUT2D eigenvalue weighted by molar-refractivity contribution is 9.09. The van der Waals surface area contributed by atoms with Gasteiger partial charge in [-0.2, -0.15) is 10.5 Å². The number of carbonyl (C=O) groups is 2. The molecule has 0 aromatic heterocycles. The minimum absolute atomic E-state index is 0.144. The first-order valence-electron chi connectivity index (χ1n) is 8.30. The third-order valence-electron chi connectivity index (χ3n) is 3.81. The molecule has 1 fully saturated rings. The molecular weight excluding hydrogens is 570 g/mol. The molecule has 6 nitrogen and oxygen atoms in total. The molecule has 0 N–H and O–H groups in total. The van der Waals surface area contributed by atoms with Crippen molar-refractivity contribution in [2.75, 3.05) is 0 Å². The molecule has 0 bridgehead atoms. The molecule has 1 saturated heterocycles. The fourth-order valence-electron chi connectivity index (χ4n) is 2.44. The summed E-state index contributed by atoms with van der Waals surface area (Å²) in [5.41, 5.74) is 2.73. The van der Waals surface area contributed by atoms with Crippen molar-refractivity contribution in [2.45, 2.75) is 23.5 Å². The van der Waals surface area contributed by atoms with Gasteiger partial charge in [0.25, 0.3) is 0 Å². The highest BCUT2D eigenvalue weighted by atomic mass is 79.9. The van der Waals surface area contributed by atoms with E-state index in [2.05, 4.69) is 54.1 Å². The second kappa shape index (κ2) is 11.1. The van der Waals surface area contributed by atoms with E-state index in [4.69, 9.17) is 10.00 Å². The van der Waals surface area contributed by atoms with Crippen LogP contribution in [-0.4, -0.2) is 15.7 Å². The molecule has 29 heavy (non-hydrogen) atoms. The molecule has 2 amide bonds. The normalized spacial score (nSPS) is 12.7. The van der Waals surface area contributed by atoms with Gasteiger partial charge in [0.05, 0.1) is 21.7 Å². The van der Waals surface area contributed by atoms with E-state index in [1.165, 1.54) is 0 Å². The molecule has 2 aromatic rings. The number of amides is 2. The molecule has 3 rings (SSSR count). The Hall–Kier alpha value is -2.20. The number of ether oxygens (including phenoxy) is 1. The number of halogens is 3. The molecule has 148 valence electrons. The number of hydrogen-bond donors (Lipinski definition) is 0. The summed E-state index contributed by atoms with van der Waals surface area (Å²) in [5.74, 6) is 0.752. The Morgan fingerprint density at radius 2 is 1.55 bits per heavy atom. The quantitative estimate of drug-likeness (QED) is 0.271.